The Hall–Kier alpha value is -3.03. The van der Waals surface area contributed by atoms with Gasteiger partial charge in [0.15, 0.2) is 0 Å². The molecule has 4 aromatic rings. The van der Waals surface area contributed by atoms with Crippen molar-refractivity contribution in [1.82, 2.24) is 14.4 Å². The van der Waals surface area contributed by atoms with E-state index in [2.05, 4.69) is 26.7 Å². The highest BCUT2D eigenvalue weighted by atomic mass is 32.1. The molecule has 5 rings (SSSR count). The van der Waals surface area contributed by atoms with Crippen LogP contribution in [0.2, 0.25) is 0 Å². The summed E-state index contributed by atoms with van der Waals surface area (Å²) in [5.74, 6) is 0.524. The molecule has 0 bridgehead atoms. The number of pyridine rings is 2. The van der Waals surface area contributed by atoms with Crippen LogP contribution in [-0.4, -0.2) is 26.9 Å². The molecule has 0 spiro atoms. The summed E-state index contributed by atoms with van der Waals surface area (Å²) in [5.41, 5.74) is 3.42. The number of imidazole rings is 1. The molecule has 1 atom stereocenters. The predicted molar refractivity (Wildman–Crippen MR) is 108 cm³/mol. The van der Waals surface area contributed by atoms with E-state index >= 15 is 0 Å². The maximum Gasteiger partial charge on any atom is 0.228 e. The van der Waals surface area contributed by atoms with Crippen LogP contribution in [0.15, 0.2) is 60.2 Å². The van der Waals surface area contributed by atoms with Gasteiger partial charge < -0.3 is 10.1 Å². The summed E-state index contributed by atoms with van der Waals surface area (Å²) in [4.78, 5) is 23.1. The van der Waals surface area contributed by atoms with E-state index in [0.29, 0.717) is 18.1 Å². The Kier molecular flexibility index (Phi) is 4.38. The zero-order chi connectivity index (χ0) is 18.9. The fourth-order valence-electron chi connectivity index (χ4n) is 3.52. The molecule has 28 heavy (non-hydrogen) atoms. The minimum absolute atomic E-state index is 0.103. The fourth-order valence-corrected chi connectivity index (χ4v) is 4.53. The van der Waals surface area contributed by atoms with Crippen molar-refractivity contribution >= 4 is 28.7 Å². The number of anilines is 1. The third kappa shape index (κ3) is 3.08. The normalized spacial score (nSPS) is 16.1. The standard InChI is InChI=1S/C21H18N4O2S/c26-18(13-16-20-14(7-11-27-16)8-12-28-20)24-21-19(15-5-1-3-9-22-15)23-17-6-2-4-10-25(17)21/h1-6,8-10,12,16H,7,11,13H2,(H,24,26)/t16-/m0/s1. The number of amides is 1. The van der Waals surface area contributed by atoms with E-state index in [9.17, 15) is 4.79 Å². The molecular formula is C21H18N4O2S. The van der Waals surface area contributed by atoms with Gasteiger partial charge in [0, 0.05) is 17.3 Å². The average Bonchev–Trinajstić information content (AvgIpc) is 3.34. The lowest BCUT2D eigenvalue weighted by atomic mass is 10.1. The summed E-state index contributed by atoms with van der Waals surface area (Å²) >= 11 is 1.65. The second kappa shape index (κ2) is 7.18. The monoisotopic (exact) mass is 390 g/mol. The third-order valence-electron chi connectivity index (χ3n) is 4.83. The van der Waals surface area contributed by atoms with Gasteiger partial charge in [-0.1, -0.05) is 12.1 Å². The van der Waals surface area contributed by atoms with Gasteiger partial charge in [0.2, 0.25) is 5.91 Å². The molecule has 0 fully saturated rings. The summed E-state index contributed by atoms with van der Waals surface area (Å²) < 4.78 is 7.74. The number of thiophene rings is 1. The lowest BCUT2D eigenvalue weighted by molar-refractivity contribution is -0.119. The highest BCUT2D eigenvalue weighted by molar-refractivity contribution is 7.10. The molecule has 6 nitrogen and oxygen atoms in total. The second-order valence-electron chi connectivity index (χ2n) is 6.62. The number of nitrogens with zero attached hydrogens (tertiary/aromatic N) is 3. The first-order chi connectivity index (χ1) is 13.8. The first-order valence-electron chi connectivity index (χ1n) is 9.16. The number of rotatable bonds is 4. The Bertz CT molecular complexity index is 1140. The minimum atomic E-state index is -0.193. The summed E-state index contributed by atoms with van der Waals surface area (Å²) in [6.07, 6.45) is 4.60. The Morgan fingerprint density at radius 2 is 2.18 bits per heavy atom. The van der Waals surface area contributed by atoms with Crippen LogP contribution in [0.3, 0.4) is 0 Å². The maximum atomic E-state index is 12.9. The minimum Gasteiger partial charge on any atom is -0.372 e. The predicted octanol–water partition coefficient (Wildman–Crippen LogP) is 4.10. The van der Waals surface area contributed by atoms with Gasteiger partial charge in [0.05, 0.1) is 18.7 Å². The highest BCUT2D eigenvalue weighted by Gasteiger charge is 2.26. The molecule has 1 aliphatic rings. The Morgan fingerprint density at radius 3 is 3.07 bits per heavy atom. The summed E-state index contributed by atoms with van der Waals surface area (Å²) in [6, 6.07) is 13.5. The molecule has 0 saturated carbocycles. The van der Waals surface area contributed by atoms with E-state index in [1.807, 2.05) is 47.0 Å². The average molecular weight is 390 g/mol. The van der Waals surface area contributed by atoms with Gasteiger partial charge in [-0.25, -0.2) is 4.98 Å². The molecule has 5 heterocycles. The molecule has 1 amide bonds. The zero-order valence-electron chi connectivity index (χ0n) is 15.0. The number of nitrogens with one attached hydrogen (secondary N) is 1. The highest BCUT2D eigenvalue weighted by Crippen LogP contribution is 2.34. The number of carbonyl (C=O) groups excluding carboxylic acids is 1. The van der Waals surface area contributed by atoms with E-state index in [0.717, 1.165) is 22.6 Å². The second-order valence-corrected chi connectivity index (χ2v) is 7.57. The molecule has 4 aromatic heterocycles. The molecule has 140 valence electrons. The Morgan fingerprint density at radius 1 is 1.25 bits per heavy atom. The van der Waals surface area contributed by atoms with E-state index in [4.69, 9.17) is 4.74 Å². The van der Waals surface area contributed by atoms with Crippen molar-refractivity contribution in [3.05, 3.63) is 70.7 Å². The molecule has 0 aliphatic carbocycles. The number of ether oxygens (including phenoxy) is 1. The Labute approximate surface area is 165 Å². The first kappa shape index (κ1) is 17.1. The van der Waals surface area contributed by atoms with Gasteiger partial charge in [0.1, 0.15) is 23.3 Å². The van der Waals surface area contributed by atoms with Crippen LogP contribution in [-0.2, 0) is 16.0 Å². The maximum absolute atomic E-state index is 12.9. The lowest BCUT2D eigenvalue weighted by Crippen LogP contribution is -2.21. The largest absolute Gasteiger partial charge is 0.372 e. The van der Waals surface area contributed by atoms with Crippen LogP contribution >= 0.6 is 11.3 Å². The Balaban J connectivity index is 1.46. The quantitative estimate of drug-likeness (QED) is 0.570. The summed E-state index contributed by atoms with van der Waals surface area (Å²) in [7, 11) is 0. The van der Waals surface area contributed by atoms with Gasteiger partial charge in [-0.15, -0.1) is 11.3 Å². The number of aromatic nitrogens is 3. The van der Waals surface area contributed by atoms with Crippen molar-refractivity contribution in [1.29, 1.82) is 0 Å². The number of hydrogen-bond acceptors (Lipinski definition) is 5. The lowest BCUT2D eigenvalue weighted by Gasteiger charge is -2.22. The molecular weight excluding hydrogens is 372 g/mol. The van der Waals surface area contributed by atoms with Crippen molar-refractivity contribution in [2.24, 2.45) is 0 Å². The molecule has 7 heteroatoms. The van der Waals surface area contributed by atoms with Crippen LogP contribution in [0.1, 0.15) is 23.0 Å². The van der Waals surface area contributed by atoms with E-state index in [1.54, 1.807) is 17.5 Å². The summed E-state index contributed by atoms with van der Waals surface area (Å²) in [6.45, 7) is 0.649. The van der Waals surface area contributed by atoms with E-state index in [1.165, 1.54) is 5.56 Å². The number of hydrogen-bond donors (Lipinski definition) is 1. The topological polar surface area (TPSA) is 68.5 Å². The molecule has 0 unspecified atom stereocenters. The molecule has 1 N–H and O–H groups in total. The van der Waals surface area contributed by atoms with Crippen molar-refractivity contribution in [3.8, 4) is 11.4 Å². The number of fused-ring (bicyclic) bond motifs is 2. The van der Waals surface area contributed by atoms with Crippen molar-refractivity contribution in [2.45, 2.75) is 18.9 Å². The fraction of sp³-hybridized carbons (Fsp3) is 0.190. The summed E-state index contributed by atoms with van der Waals surface area (Å²) in [5, 5.41) is 5.11. The number of carbonyl (C=O) groups is 1. The van der Waals surface area contributed by atoms with Crippen LogP contribution in [0.25, 0.3) is 17.0 Å². The molecule has 0 aromatic carbocycles. The van der Waals surface area contributed by atoms with E-state index in [-0.39, 0.29) is 18.4 Å². The van der Waals surface area contributed by atoms with Crippen molar-refractivity contribution in [2.75, 3.05) is 11.9 Å². The van der Waals surface area contributed by atoms with Crippen molar-refractivity contribution in [3.63, 3.8) is 0 Å². The van der Waals surface area contributed by atoms with E-state index < -0.39 is 0 Å². The van der Waals surface area contributed by atoms with Crippen LogP contribution in [0, 0.1) is 0 Å². The van der Waals surface area contributed by atoms with Crippen LogP contribution in [0.4, 0.5) is 5.82 Å². The molecule has 0 saturated heterocycles. The molecule has 1 aliphatic heterocycles. The van der Waals surface area contributed by atoms with Crippen LogP contribution < -0.4 is 5.32 Å². The van der Waals surface area contributed by atoms with Gasteiger partial charge in [0.25, 0.3) is 0 Å². The molecule has 0 radical (unpaired) electrons. The van der Waals surface area contributed by atoms with Crippen LogP contribution in [0.5, 0.6) is 0 Å². The first-order valence-corrected chi connectivity index (χ1v) is 10.0. The smallest absolute Gasteiger partial charge is 0.228 e. The van der Waals surface area contributed by atoms with Gasteiger partial charge in [-0.05, 0) is 47.7 Å². The zero-order valence-corrected chi connectivity index (χ0v) is 15.9. The van der Waals surface area contributed by atoms with Gasteiger partial charge in [-0.2, -0.15) is 0 Å². The SMILES string of the molecule is O=C(C[C@@H]1OCCc2ccsc21)Nc1c(-c2ccccn2)nc2ccccn12. The third-order valence-corrected chi connectivity index (χ3v) is 5.88. The van der Waals surface area contributed by atoms with Crippen molar-refractivity contribution < 1.29 is 9.53 Å². The van der Waals surface area contributed by atoms with Gasteiger partial charge >= 0.3 is 0 Å². The van der Waals surface area contributed by atoms with Gasteiger partial charge in [-0.3, -0.25) is 14.2 Å².